The summed E-state index contributed by atoms with van der Waals surface area (Å²) in [7, 11) is 0. The van der Waals surface area contributed by atoms with Gasteiger partial charge in [0.1, 0.15) is 5.69 Å². The maximum atomic E-state index is 9.92. The van der Waals surface area contributed by atoms with E-state index in [1.807, 2.05) is 12.1 Å². The van der Waals surface area contributed by atoms with Gasteiger partial charge in [-0.15, -0.1) is 0 Å². The molecule has 19 heavy (non-hydrogen) atoms. The van der Waals surface area contributed by atoms with Crippen molar-refractivity contribution in [1.29, 1.82) is 0 Å². The molecule has 5 nitrogen and oxygen atoms in total. The minimum Gasteiger partial charge on any atom is -0.395 e. The van der Waals surface area contributed by atoms with E-state index in [-0.39, 0.29) is 12.6 Å². The second-order valence-corrected chi connectivity index (χ2v) is 5.06. The molecule has 0 bridgehead atoms. The van der Waals surface area contributed by atoms with Gasteiger partial charge in [-0.1, -0.05) is 33.6 Å². The molecule has 0 aromatic carbocycles. The summed E-state index contributed by atoms with van der Waals surface area (Å²) in [6.45, 7) is 6.24. The summed E-state index contributed by atoms with van der Waals surface area (Å²) < 4.78 is 0. The van der Waals surface area contributed by atoms with Gasteiger partial charge in [-0.05, 0) is 24.5 Å². The summed E-state index contributed by atoms with van der Waals surface area (Å²) in [4.78, 5) is 4.29. The lowest BCUT2D eigenvalue weighted by atomic mass is 10.1. The number of aromatic nitrogens is 1. The molecule has 0 saturated heterocycles. The number of nitrogens with zero attached hydrogens (tertiary/aromatic N) is 2. The summed E-state index contributed by atoms with van der Waals surface area (Å²) in [5, 5.41) is 20.1. The topological polar surface area (TPSA) is 68.6 Å². The van der Waals surface area contributed by atoms with E-state index in [4.69, 9.17) is 0 Å². The zero-order valence-corrected chi connectivity index (χ0v) is 12.0. The second kappa shape index (κ2) is 8.09. The average molecular weight is 267 g/mol. The van der Waals surface area contributed by atoms with Gasteiger partial charge in [0.05, 0.1) is 18.8 Å². The van der Waals surface area contributed by atoms with Crippen LogP contribution in [0.15, 0.2) is 18.3 Å². The highest BCUT2D eigenvalue weighted by Gasteiger charge is 2.12. The molecule has 1 atom stereocenters. The van der Waals surface area contributed by atoms with E-state index in [2.05, 4.69) is 31.2 Å². The monoisotopic (exact) mass is 267 g/mol. The minimum absolute atomic E-state index is 0.00539. The molecular weight excluding hydrogens is 242 g/mol. The molecule has 3 N–H and O–H groups in total. The van der Waals surface area contributed by atoms with Crippen LogP contribution in [0, 0.1) is 0 Å². The number of hydrazine groups is 1. The van der Waals surface area contributed by atoms with Crippen molar-refractivity contribution < 1.29 is 10.3 Å². The highest BCUT2D eigenvalue weighted by atomic mass is 16.5. The number of nitrogens with one attached hydrogen (secondary N) is 1. The van der Waals surface area contributed by atoms with E-state index >= 15 is 0 Å². The quantitative estimate of drug-likeness (QED) is 0.631. The molecule has 0 aliphatic rings. The summed E-state index contributed by atoms with van der Waals surface area (Å²) in [5.74, 6) is 0.365. The zero-order chi connectivity index (χ0) is 14.3. The Morgan fingerprint density at radius 1 is 1.37 bits per heavy atom. The fourth-order valence-electron chi connectivity index (χ4n) is 1.76. The Morgan fingerprint density at radius 2 is 2.11 bits per heavy atom. The Morgan fingerprint density at radius 3 is 2.58 bits per heavy atom. The van der Waals surface area contributed by atoms with Crippen LogP contribution in [0.25, 0.3) is 0 Å². The summed E-state index contributed by atoms with van der Waals surface area (Å²) in [6.07, 6.45) is 4.52. The fraction of sp³-hybridized carbons (Fsp3) is 0.643. The van der Waals surface area contributed by atoms with Crippen molar-refractivity contribution >= 4 is 5.69 Å². The molecule has 0 fully saturated rings. The van der Waals surface area contributed by atoms with E-state index in [1.165, 1.54) is 0 Å². The van der Waals surface area contributed by atoms with Crippen LogP contribution in [0.1, 0.15) is 51.6 Å². The Hall–Kier alpha value is -1.17. The van der Waals surface area contributed by atoms with Crippen LogP contribution in [0.4, 0.5) is 5.69 Å². The number of hydrogen-bond acceptors (Lipinski definition) is 5. The number of aliphatic hydroxyl groups is 1. The van der Waals surface area contributed by atoms with Gasteiger partial charge in [0.2, 0.25) is 0 Å². The average Bonchev–Trinajstić information content (AvgIpc) is 2.43. The SMILES string of the molecule is CCCCC(CO)NN(O)c1ccc(C(C)C)nc1. The minimum atomic E-state index is -0.144. The largest absolute Gasteiger partial charge is 0.395 e. The summed E-state index contributed by atoms with van der Waals surface area (Å²) in [6, 6.07) is 3.56. The number of pyridine rings is 1. The first-order valence-electron chi connectivity index (χ1n) is 6.90. The van der Waals surface area contributed by atoms with Gasteiger partial charge >= 0.3 is 0 Å². The summed E-state index contributed by atoms with van der Waals surface area (Å²) >= 11 is 0. The lowest BCUT2D eigenvalue weighted by Gasteiger charge is -2.24. The maximum Gasteiger partial charge on any atom is 0.100 e. The van der Waals surface area contributed by atoms with Crippen LogP contribution in [0.2, 0.25) is 0 Å². The molecule has 1 rings (SSSR count). The Kier molecular flexibility index (Phi) is 6.77. The zero-order valence-electron chi connectivity index (χ0n) is 12.0. The molecule has 0 saturated carbocycles. The van der Waals surface area contributed by atoms with Crippen LogP contribution in [-0.2, 0) is 0 Å². The van der Waals surface area contributed by atoms with E-state index in [0.717, 1.165) is 30.1 Å². The molecule has 0 aliphatic heterocycles. The summed E-state index contributed by atoms with van der Waals surface area (Å²) in [5.41, 5.74) is 4.42. The van der Waals surface area contributed by atoms with Crippen molar-refractivity contribution in [1.82, 2.24) is 10.4 Å². The molecule has 0 radical (unpaired) electrons. The predicted octanol–water partition coefficient (Wildman–Crippen LogP) is 2.46. The first kappa shape index (κ1) is 15.9. The molecule has 1 aromatic heterocycles. The van der Waals surface area contributed by atoms with Gasteiger partial charge in [-0.3, -0.25) is 10.2 Å². The highest BCUT2D eigenvalue weighted by molar-refractivity contribution is 5.40. The van der Waals surface area contributed by atoms with Gasteiger partial charge in [0, 0.05) is 5.69 Å². The van der Waals surface area contributed by atoms with Gasteiger partial charge < -0.3 is 5.11 Å². The molecular formula is C14H25N3O2. The second-order valence-electron chi connectivity index (χ2n) is 5.06. The van der Waals surface area contributed by atoms with Crippen molar-refractivity contribution in [2.24, 2.45) is 0 Å². The fourth-order valence-corrected chi connectivity index (χ4v) is 1.76. The van der Waals surface area contributed by atoms with Crippen LogP contribution >= 0.6 is 0 Å². The van der Waals surface area contributed by atoms with Crippen LogP contribution in [0.3, 0.4) is 0 Å². The molecule has 1 aromatic rings. The third-order valence-electron chi connectivity index (χ3n) is 3.04. The van der Waals surface area contributed by atoms with E-state index in [0.29, 0.717) is 11.6 Å². The van der Waals surface area contributed by atoms with Crippen molar-refractivity contribution in [2.45, 2.75) is 52.0 Å². The third-order valence-corrected chi connectivity index (χ3v) is 3.04. The normalized spacial score (nSPS) is 12.7. The van der Waals surface area contributed by atoms with Crippen LogP contribution < -0.4 is 10.6 Å². The number of rotatable bonds is 8. The first-order chi connectivity index (χ1) is 9.08. The lowest BCUT2D eigenvalue weighted by molar-refractivity contribution is 0.154. The lowest BCUT2D eigenvalue weighted by Crippen LogP contribution is -2.44. The number of unbranched alkanes of at least 4 members (excludes halogenated alkanes) is 1. The van der Waals surface area contributed by atoms with Gasteiger partial charge in [0.15, 0.2) is 0 Å². The predicted molar refractivity (Wildman–Crippen MR) is 76.1 cm³/mol. The molecule has 0 amide bonds. The van der Waals surface area contributed by atoms with E-state index in [1.54, 1.807) is 6.20 Å². The van der Waals surface area contributed by atoms with Crippen molar-refractivity contribution in [3.63, 3.8) is 0 Å². The molecule has 0 aliphatic carbocycles. The third kappa shape index (κ3) is 5.14. The number of anilines is 1. The standard InChI is InChI=1S/C14H25N3O2/c1-4-5-6-12(10-18)16-17(19)13-7-8-14(11(2)3)15-9-13/h7-9,11-12,16,18-19H,4-6,10H2,1-3H3. The van der Waals surface area contributed by atoms with Gasteiger partial charge in [-0.2, -0.15) is 5.17 Å². The Labute approximate surface area is 115 Å². The van der Waals surface area contributed by atoms with Crippen molar-refractivity contribution in [2.75, 3.05) is 11.8 Å². The smallest absolute Gasteiger partial charge is 0.100 e. The highest BCUT2D eigenvalue weighted by Crippen LogP contribution is 2.15. The first-order valence-corrected chi connectivity index (χ1v) is 6.90. The molecule has 108 valence electrons. The van der Waals surface area contributed by atoms with Gasteiger partial charge in [-0.25, -0.2) is 5.43 Å². The van der Waals surface area contributed by atoms with Crippen LogP contribution in [0.5, 0.6) is 0 Å². The molecule has 1 unspecified atom stereocenters. The molecule has 1 heterocycles. The van der Waals surface area contributed by atoms with Crippen molar-refractivity contribution in [3.8, 4) is 0 Å². The van der Waals surface area contributed by atoms with Crippen LogP contribution in [-0.4, -0.2) is 27.9 Å². The Bertz CT molecular complexity index is 354. The van der Waals surface area contributed by atoms with Gasteiger partial charge in [0.25, 0.3) is 0 Å². The van der Waals surface area contributed by atoms with E-state index < -0.39 is 0 Å². The molecule has 0 spiro atoms. The maximum absolute atomic E-state index is 9.92. The number of hydrogen-bond donors (Lipinski definition) is 3. The molecule has 5 heteroatoms. The number of aliphatic hydroxyl groups excluding tert-OH is 1. The van der Waals surface area contributed by atoms with Crippen molar-refractivity contribution in [3.05, 3.63) is 24.0 Å². The van der Waals surface area contributed by atoms with E-state index in [9.17, 15) is 10.3 Å². The Balaban J connectivity index is 2.58.